The summed E-state index contributed by atoms with van der Waals surface area (Å²) in [6.07, 6.45) is -4.91. The predicted molar refractivity (Wildman–Crippen MR) is 110 cm³/mol. The van der Waals surface area contributed by atoms with E-state index in [-0.39, 0.29) is 27.7 Å². The first-order chi connectivity index (χ1) is 15.8. The molecule has 0 unspecified atom stereocenters. The Morgan fingerprint density at radius 2 is 1.76 bits per heavy atom. The van der Waals surface area contributed by atoms with Crippen molar-refractivity contribution in [2.45, 2.75) is 26.1 Å². The first-order valence-electron chi connectivity index (χ1n) is 9.73. The minimum atomic E-state index is -4.91. The van der Waals surface area contributed by atoms with Crippen LogP contribution in [0.3, 0.4) is 0 Å². The summed E-state index contributed by atoms with van der Waals surface area (Å²) in [4.78, 5) is 36.5. The van der Waals surface area contributed by atoms with E-state index in [1.54, 1.807) is 0 Å². The van der Waals surface area contributed by atoms with Gasteiger partial charge in [0.15, 0.2) is 11.6 Å². The van der Waals surface area contributed by atoms with Gasteiger partial charge in [0.25, 0.3) is 5.91 Å². The van der Waals surface area contributed by atoms with E-state index < -0.39 is 53.9 Å². The second-order valence-electron chi connectivity index (χ2n) is 7.37. The highest BCUT2D eigenvalue weighted by molar-refractivity contribution is 6.05. The van der Waals surface area contributed by atoms with Crippen molar-refractivity contribution in [3.63, 3.8) is 0 Å². The summed E-state index contributed by atoms with van der Waals surface area (Å²) in [6, 6.07) is 6.00. The molecule has 3 rings (SSSR count). The Bertz CT molecular complexity index is 1280. The van der Waals surface area contributed by atoms with Gasteiger partial charge in [-0.1, -0.05) is 0 Å². The summed E-state index contributed by atoms with van der Waals surface area (Å²) in [5, 5.41) is 21.0. The first-order valence-corrected chi connectivity index (χ1v) is 9.73. The molecule has 0 saturated carbocycles. The largest absolute Gasteiger partial charge is 0.573 e. The van der Waals surface area contributed by atoms with Crippen molar-refractivity contribution in [1.82, 2.24) is 9.88 Å². The molecule has 0 spiro atoms. The number of aromatic hydroxyl groups is 1. The van der Waals surface area contributed by atoms with E-state index >= 15 is 0 Å². The van der Waals surface area contributed by atoms with Crippen molar-refractivity contribution in [1.29, 1.82) is 0 Å². The number of carboxylic acid groups (broad SMARTS) is 1. The topological polar surface area (TPSA) is 118 Å². The summed E-state index contributed by atoms with van der Waals surface area (Å²) in [5.41, 5.74) is 0.371. The number of alkyl halides is 3. The highest BCUT2D eigenvalue weighted by Gasteiger charge is 2.31. The molecule has 34 heavy (non-hydrogen) atoms. The number of phenols is 1. The molecular formula is C22H18F4N2O6. The lowest BCUT2D eigenvalue weighted by Crippen LogP contribution is -2.32. The summed E-state index contributed by atoms with van der Waals surface area (Å²) in [6.45, 7) is 2.26. The highest BCUT2D eigenvalue weighted by atomic mass is 19.4. The van der Waals surface area contributed by atoms with E-state index in [1.807, 2.05) is 0 Å². The van der Waals surface area contributed by atoms with Gasteiger partial charge >= 0.3 is 12.3 Å². The lowest BCUT2D eigenvalue weighted by atomic mass is 9.97. The Morgan fingerprint density at radius 1 is 1.15 bits per heavy atom. The Hall–Kier alpha value is -4.09. The Kier molecular flexibility index (Phi) is 6.53. The Balaban J connectivity index is 2.10. The van der Waals surface area contributed by atoms with Gasteiger partial charge in [-0.15, -0.1) is 13.2 Å². The number of fused-ring (bicyclic) bond motifs is 1. The molecule has 1 atom stereocenters. The normalized spacial score (nSPS) is 12.4. The minimum Gasteiger partial charge on any atom is -0.505 e. The maximum Gasteiger partial charge on any atom is 0.573 e. The van der Waals surface area contributed by atoms with E-state index in [1.165, 1.54) is 13.8 Å². The smallest absolute Gasteiger partial charge is 0.505 e. The Labute approximate surface area is 189 Å². The van der Waals surface area contributed by atoms with Crippen LogP contribution in [0.5, 0.6) is 11.5 Å². The Morgan fingerprint density at radius 3 is 2.32 bits per heavy atom. The zero-order valence-electron chi connectivity index (χ0n) is 17.7. The molecule has 12 heteroatoms. The van der Waals surface area contributed by atoms with Crippen LogP contribution >= 0.6 is 0 Å². The van der Waals surface area contributed by atoms with Gasteiger partial charge < -0.3 is 20.3 Å². The fraction of sp³-hybridized carbons (Fsp3) is 0.227. The quantitative estimate of drug-likeness (QED) is 0.462. The molecule has 0 aliphatic heterocycles. The van der Waals surface area contributed by atoms with Crippen molar-refractivity contribution >= 4 is 28.7 Å². The molecule has 0 radical (unpaired) electrons. The second kappa shape index (κ2) is 9.04. The van der Waals surface area contributed by atoms with Crippen molar-refractivity contribution < 1.29 is 46.9 Å². The number of amides is 1. The highest BCUT2D eigenvalue weighted by Crippen LogP contribution is 2.36. The number of hydrogen-bond donors (Lipinski definition) is 3. The number of aromatic nitrogens is 1. The number of nitrogens with zero attached hydrogens (tertiary/aromatic N) is 1. The number of ether oxygens (including phenoxy) is 1. The van der Waals surface area contributed by atoms with E-state index in [9.17, 15) is 37.1 Å². The fourth-order valence-electron chi connectivity index (χ4n) is 3.63. The minimum absolute atomic E-state index is 0.00121. The number of rotatable bonds is 6. The van der Waals surface area contributed by atoms with E-state index in [0.717, 1.165) is 41.0 Å². The SMILES string of the molecule is Cc1c([C@H](C)C(=O)NCC(=O)O)c2cc(O)c(F)cc2n1C(=O)c1ccc(OC(F)(F)F)cc1. The van der Waals surface area contributed by atoms with Crippen molar-refractivity contribution in [2.24, 2.45) is 0 Å². The van der Waals surface area contributed by atoms with Crippen LogP contribution in [-0.2, 0) is 9.59 Å². The molecule has 180 valence electrons. The van der Waals surface area contributed by atoms with Crippen LogP contribution in [-0.4, -0.2) is 45.5 Å². The van der Waals surface area contributed by atoms with E-state index in [0.29, 0.717) is 0 Å². The number of carbonyl (C=O) groups is 3. The predicted octanol–water partition coefficient (Wildman–Crippen LogP) is 3.69. The summed E-state index contributed by atoms with van der Waals surface area (Å²) >= 11 is 0. The van der Waals surface area contributed by atoms with Gasteiger partial charge in [-0.3, -0.25) is 19.0 Å². The maximum atomic E-state index is 14.2. The molecular weight excluding hydrogens is 464 g/mol. The van der Waals surface area contributed by atoms with Gasteiger partial charge in [-0.05, 0) is 49.7 Å². The van der Waals surface area contributed by atoms with Crippen LogP contribution in [0.4, 0.5) is 17.6 Å². The number of benzene rings is 2. The van der Waals surface area contributed by atoms with Gasteiger partial charge in [-0.2, -0.15) is 0 Å². The van der Waals surface area contributed by atoms with Gasteiger partial charge in [0, 0.05) is 22.7 Å². The molecule has 0 aliphatic carbocycles. The lowest BCUT2D eigenvalue weighted by molar-refractivity contribution is -0.274. The van der Waals surface area contributed by atoms with Crippen LogP contribution in [0.1, 0.15) is 34.5 Å². The number of phenolic OH excluding ortho intramolecular Hbond substituents is 1. The zero-order chi connectivity index (χ0) is 25.4. The third-order valence-corrected chi connectivity index (χ3v) is 5.10. The monoisotopic (exact) mass is 482 g/mol. The molecule has 2 aromatic carbocycles. The molecule has 3 N–H and O–H groups in total. The number of aliphatic carboxylic acids is 1. The molecule has 0 fully saturated rings. The van der Waals surface area contributed by atoms with Crippen LogP contribution in [0.15, 0.2) is 36.4 Å². The van der Waals surface area contributed by atoms with Gasteiger partial charge in [0.05, 0.1) is 11.4 Å². The molecule has 1 amide bonds. The first kappa shape index (κ1) is 24.6. The van der Waals surface area contributed by atoms with Crippen molar-refractivity contribution in [3.05, 3.63) is 59.0 Å². The van der Waals surface area contributed by atoms with Crippen LogP contribution in [0.25, 0.3) is 10.9 Å². The van der Waals surface area contributed by atoms with Crippen LogP contribution in [0.2, 0.25) is 0 Å². The third kappa shape index (κ3) is 4.95. The summed E-state index contributed by atoms with van der Waals surface area (Å²) < 4.78 is 56.2. The zero-order valence-corrected chi connectivity index (χ0v) is 17.7. The number of carbonyl (C=O) groups excluding carboxylic acids is 2. The number of halogens is 4. The average molecular weight is 482 g/mol. The molecule has 0 aliphatic rings. The van der Waals surface area contributed by atoms with Gasteiger partial charge in [0.1, 0.15) is 12.3 Å². The second-order valence-corrected chi connectivity index (χ2v) is 7.37. The molecule has 3 aromatic rings. The van der Waals surface area contributed by atoms with Crippen LogP contribution in [0, 0.1) is 12.7 Å². The number of nitrogens with one attached hydrogen (secondary N) is 1. The van der Waals surface area contributed by atoms with Gasteiger partial charge in [0.2, 0.25) is 5.91 Å². The van der Waals surface area contributed by atoms with Crippen LogP contribution < -0.4 is 10.1 Å². The maximum absolute atomic E-state index is 14.2. The van der Waals surface area contributed by atoms with Crippen molar-refractivity contribution in [3.8, 4) is 11.5 Å². The lowest BCUT2D eigenvalue weighted by Gasteiger charge is -2.13. The number of carboxylic acids is 1. The number of hydrogen-bond acceptors (Lipinski definition) is 5. The van der Waals surface area contributed by atoms with E-state index in [4.69, 9.17) is 5.11 Å². The summed E-state index contributed by atoms with van der Waals surface area (Å²) in [5.74, 6) is -6.01. The fourth-order valence-corrected chi connectivity index (χ4v) is 3.63. The molecule has 8 nitrogen and oxygen atoms in total. The standard InChI is InChI=1S/C22H18F4N2O6/c1-10(20(32)27-9-18(30)31)19-11(2)28(16-8-15(23)17(29)7-14(16)19)21(33)12-3-5-13(6-4-12)34-22(24,25)26/h3-8,10,29H,9H2,1-2H3,(H,27,32)(H,30,31)/t10-/m0/s1. The molecule has 1 aromatic heterocycles. The average Bonchev–Trinajstić information content (AvgIpc) is 3.01. The summed E-state index contributed by atoms with van der Waals surface area (Å²) in [7, 11) is 0. The molecule has 0 saturated heterocycles. The van der Waals surface area contributed by atoms with E-state index in [2.05, 4.69) is 10.1 Å². The third-order valence-electron chi connectivity index (χ3n) is 5.10. The molecule has 0 bridgehead atoms. The van der Waals surface area contributed by atoms with Gasteiger partial charge in [-0.25, -0.2) is 4.39 Å². The van der Waals surface area contributed by atoms with Crippen molar-refractivity contribution in [2.75, 3.05) is 6.54 Å². The molecule has 1 heterocycles.